The smallest absolute Gasteiger partial charge is 0.234 e. The van der Waals surface area contributed by atoms with Crippen molar-refractivity contribution in [3.05, 3.63) is 66.1 Å². The summed E-state index contributed by atoms with van der Waals surface area (Å²) in [5.41, 5.74) is 5.64. The summed E-state index contributed by atoms with van der Waals surface area (Å²) >= 11 is 1.59. The molecule has 3 fully saturated rings. The van der Waals surface area contributed by atoms with Crippen molar-refractivity contribution in [1.82, 2.24) is 40.0 Å². The van der Waals surface area contributed by atoms with Gasteiger partial charge >= 0.3 is 0 Å². The molecule has 0 aliphatic carbocycles. The second-order valence-electron chi connectivity index (χ2n) is 13.3. The van der Waals surface area contributed by atoms with Crippen LogP contribution >= 0.6 is 11.3 Å². The van der Waals surface area contributed by atoms with E-state index in [1.807, 2.05) is 49.6 Å². The predicted octanol–water partition coefficient (Wildman–Crippen LogP) is 3.78. The highest BCUT2D eigenvalue weighted by atomic mass is 32.1. The molecule has 0 saturated carbocycles. The van der Waals surface area contributed by atoms with Gasteiger partial charge in [0.05, 0.1) is 40.1 Å². The Morgan fingerprint density at radius 3 is 2.53 bits per heavy atom. The number of nitriles is 1. The number of nitrogens with zero attached hydrogens (tertiary/aromatic N) is 10. The quantitative estimate of drug-likeness (QED) is 0.226. The topological polar surface area (TPSA) is 161 Å². The van der Waals surface area contributed by atoms with E-state index in [0.717, 1.165) is 108 Å². The molecule has 2 N–H and O–H groups in total. The van der Waals surface area contributed by atoms with Crippen molar-refractivity contribution in [3.8, 4) is 28.0 Å². The maximum Gasteiger partial charge on any atom is 0.234 e. The zero-order chi connectivity index (χ0) is 34.9. The van der Waals surface area contributed by atoms with Gasteiger partial charge in [0, 0.05) is 77.4 Å². The van der Waals surface area contributed by atoms with Crippen molar-refractivity contribution in [2.24, 2.45) is 5.92 Å². The average molecular weight is 703 g/mol. The molecule has 260 valence electrons. The third-order valence-electron chi connectivity index (χ3n) is 10.2. The van der Waals surface area contributed by atoms with Crippen molar-refractivity contribution in [1.29, 1.82) is 5.26 Å². The third kappa shape index (κ3) is 6.72. The number of rotatable bonds is 8. The number of carbonyl (C=O) groups excluding carboxylic acids is 2. The van der Waals surface area contributed by atoms with E-state index < -0.39 is 0 Å². The second-order valence-corrected chi connectivity index (χ2v) is 14.3. The lowest BCUT2D eigenvalue weighted by atomic mass is 9.91. The molecule has 0 aromatic carbocycles. The van der Waals surface area contributed by atoms with Crippen molar-refractivity contribution in [2.45, 2.75) is 31.6 Å². The molecule has 0 spiro atoms. The van der Waals surface area contributed by atoms with Gasteiger partial charge in [-0.25, -0.2) is 9.50 Å². The first-order chi connectivity index (χ1) is 24.9. The Morgan fingerprint density at radius 1 is 0.941 bits per heavy atom. The van der Waals surface area contributed by atoms with E-state index in [4.69, 9.17) is 4.98 Å². The largest absolute Gasteiger partial charge is 0.387 e. The van der Waals surface area contributed by atoms with Crippen LogP contribution in [0.2, 0.25) is 0 Å². The summed E-state index contributed by atoms with van der Waals surface area (Å²) in [6.07, 6.45) is 8.35. The minimum Gasteiger partial charge on any atom is -0.387 e. The van der Waals surface area contributed by atoms with Crippen LogP contribution in [-0.2, 0) is 9.59 Å². The number of hydrogen-bond donors (Lipinski definition) is 2. The Morgan fingerprint density at radius 2 is 1.78 bits per heavy atom. The van der Waals surface area contributed by atoms with Crippen LogP contribution in [0.3, 0.4) is 0 Å². The molecule has 5 aromatic rings. The Hall–Kier alpha value is -5.46. The van der Waals surface area contributed by atoms with Gasteiger partial charge in [-0.3, -0.25) is 24.8 Å². The van der Waals surface area contributed by atoms with Crippen LogP contribution in [0.4, 0.5) is 16.6 Å². The van der Waals surface area contributed by atoms with Crippen LogP contribution in [0, 0.1) is 17.2 Å². The molecular formula is C36H38N12O2S. The second kappa shape index (κ2) is 14.0. The lowest BCUT2D eigenvalue weighted by molar-refractivity contribution is -0.134. The van der Waals surface area contributed by atoms with E-state index in [9.17, 15) is 14.9 Å². The minimum atomic E-state index is -0.303. The number of carbonyl (C=O) groups is 2. The van der Waals surface area contributed by atoms with Crippen LogP contribution in [0.5, 0.6) is 0 Å². The number of imide groups is 1. The number of aromatic nitrogens is 6. The number of pyridine rings is 2. The maximum atomic E-state index is 12.2. The van der Waals surface area contributed by atoms with E-state index in [2.05, 4.69) is 51.7 Å². The minimum absolute atomic E-state index is 0.198. The number of piperidine rings is 2. The van der Waals surface area contributed by atoms with Crippen LogP contribution in [0.25, 0.3) is 27.5 Å². The van der Waals surface area contributed by atoms with Crippen LogP contribution in [-0.4, -0.2) is 99.4 Å². The van der Waals surface area contributed by atoms with Crippen molar-refractivity contribution in [3.63, 3.8) is 0 Å². The molecule has 2 amide bonds. The van der Waals surface area contributed by atoms with Gasteiger partial charge in [0.2, 0.25) is 16.9 Å². The molecule has 8 heterocycles. The number of fused-ring (bicyclic) bond motifs is 1. The first kappa shape index (κ1) is 32.7. The molecular weight excluding hydrogens is 665 g/mol. The lowest BCUT2D eigenvalue weighted by Gasteiger charge is -2.39. The van der Waals surface area contributed by atoms with E-state index in [1.165, 1.54) is 0 Å². The number of anilines is 3. The van der Waals surface area contributed by atoms with Gasteiger partial charge in [0.25, 0.3) is 0 Å². The van der Waals surface area contributed by atoms with Gasteiger partial charge in [-0.05, 0) is 61.1 Å². The molecule has 3 saturated heterocycles. The van der Waals surface area contributed by atoms with Gasteiger partial charge in [-0.15, -0.1) is 10.2 Å². The third-order valence-corrected chi connectivity index (χ3v) is 11.2. The van der Waals surface area contributed by atoms with Crippen molar-refractivity contribution < 1.29 is 9.59 Å². The molecule has 3 aliphatic rings. The summed E-state index contributed by atoms with van der Waals surface area (Å²) in [5, 5.41) is 30.3. The normalized spacial score (nSPS) is 18.9. The molecule has 0 radical (unpaired) electrons. The monoisotopic (exact) mass is 702 g/mol. The molecule has 0 unspecified atom stereocenters. The SMILES string of the molecule is CNc1cc(-c2ccc3cc(C#N)cnn23)ncc1-c1nnc(N2CCN(CC3CCN(c4ccc([C@@H]5CCC(=O)NC5=O)cn4)CC3)CC2)s1. The molecule has 15 heteroatoms. The fourth-order valence-electron chi connectivity index (χ4n) is 7.31. The summed E-state index contributed by atoms with van der Waals surface area (Å²) in [4.78, 5) is 40.4. The molecule has 8 rings (SSSR count). The zero-order valence-electron chi connectivity index (χ0n) is 28.3. The lowest BCUT2D eigenvalue weighted by Crippen LogP contribution is -2.49. The fourth-order valence-corrected chi connectivity index (χ4v) is 8.23. The van der Waals surface area contributed by atoms with E-state index in [1.54, 1.807) is 28.2 Å². The van der Waals surface area contributed by atoms with E-state index >= 15 is 0 Å². The number of piperazine rings is 1. The Balaban J connectivity index is 0.834. The highest BCUT2D eigenvalue weighted by Gasteiger charge is 2.29. The highest BCUT2D eigenvalue weighted by molar-refractivity contribution is 7.18. The Labute approximate surface area is 299 Å². The van der Waals surface area contributed by atoms with Gasteiger partial charge < -0.3 is 15.1 Å². The number of nitrogens with one attached hydrogen (secondary N) is 2. The number of hydrogen-bond acceptors (Lipinski definition) is 13. The summed E-state index contributed by atoms with van der Waals surface area (Å²) in [7, 11) is 1.89. The molecule has 14 nitrogen and oxygen atoms in total. The Kier molecular flexibility index (Phi) is 9.01. The summed E-state index contributed by atoms with van der Waals surface area (Å²) < 4.78 is 1.79. The first-order valence-electron chi connectivity index (χ1n) is 17.4. The van der Waals surface area contributed by atoms with Crippen LogP contribution in [0.1, 0.15) is 42.7 Å². The van der Waals surface area contributed by atoms with Gasteiger partial charge in [-0.1, -0.05) is 17.4 Å². The maximum absolute atomic E-state index is 12.2. The van der Waals surface area contributed by atoms with Crippen molar-refractivity contribution in [2.75, 3.05) is 68.0 Å². The summed E-state index contributed by atoms with van der Waals surface area (Å²) in [5.74, 6) is 0.873. The van der Waals surface area contributed by atoms with Gasteiger partial charge in [0.1, 0.15) is 11.9 Å². The van der Waals surface area contributed by atoms with Crippen LogP contribution in [0.15, 0.2) is 55.0 Å². The average Bonchev–Trinajstić information content (AvgIpc) is 3.83. The number of amides is 2. The molecule has 0 bridgehead atoms. The first-order valence-corrected chi connectivity index (χ1v) is 18.2. The summed E-state index contributed by atoms with van der Waals surface area (Å²) in [6.45, 7) is 6.84. The van der Waals surface area contributed by atoms with Crippen LogP contribution < -0.4 is 20.4 Å². The zero-order valence-corrected chi connectivity index (χ0v) is 29.1. The Bertz CT molecular complexity index is 2110. The van der Waals surface area contributed by atoms with E-state index in [-0.39, 0.29) is 17.7 Å². The van der Waals surface area contributed by atoms with Gasteiger partial charge in [-0.2, -0.15) is 10.4 Å². The fraction of sp³-hybridized carbons (Fsp3) is 0.389. The molecule has 3 aliphatic heterocycles. The van der Waals surface area contributed by atoms with E-state index in [0.29, 0.717) is 24.3 Å². The standard InChI is InChI=1S/C36H38N12O2S/c1-38-29-17-30(31-5-3-26-16-24(18-37)19-41-48(26)31)39-21-28(29)35-43-44-36(51-35)47-14-12-45(13-15-47)22-23-8-10-46(11-9-23)32-6-2-25(20-40-32)27-4-7-33(49)42-34(27)50/h2-3,5-6,16-17,19-21,23,27H,4,7-15,22H2,1H3,(H,38,39)(H,42,49,50)/t27-/m0/s1. The van der Waals surface area contributed by atoms with Gasteiger partial charge in [0.15, 0.2) is 5.01 Å². The summed E-state index contributed by atoms with van der Waals surface area (Å²) in [6, 6.07) is 13.8. The van der Waals surface area contributed by atoms with Crippen molar-refractivity contribution >= 4 is 45.3 Å². The highest BCUT2D eigenvalue weighted by Crippen LogP contribution is 2.36. The molecule has 1 atom stereocenters. The molecule has 51 heavy (non-hydrogen) atoms. The predicted molar refractivity (Wildman–Crippen MR) is 195 cm³/mol. The molecule has 5 aromatic heterocycles.